The molecule has 16 heavy (non-hydrogen) atoms. The molecule has 1 aromatic carbocycles. The molecule has 1 N–H and O–H groups in total. The van der Waals surface area contributed by atoms with E-state index < -0.39 is 10.8 Å². The highest BCUT2D eigenvalue weighted by Gasteiger charge is 2.09. The molecule has 0 radical (unpaired) electrons. The van der Waals surface area contributed by atoms with E-state index in [0.29, 0.717) is 5.75 Å². The second-order valence-corrected chi connectivity index (χ2v) is 6.67. The van der Waals surface area contributed by atoms with Gasteiger partial charge in [-0.3, -0.25) is 4.21 Å². The van der Waals surface area contributed by atoms with Gasteiger partial charge in [0, 0.05) is 23.7 Å². The lowest BCUT2D eigenvalue weighted by Crippen LogP contribution is -2.29. The van der Waals surface area contributed by atoms with E-state index in [1.807, 2.05) is 30.3 Å². The average molecular weight is 239 g/mol. The minimum Gasteiger partial charge on any atom is -0.315 e. The van der Waals surface area contributed by atoms with E-state index in [9.17, 15) is 4.21 Å². The molecule has 0 heterocycles. The molecule has 0 aliphatic heterocycles. The van der Waals surface area contributed by atoms with Crippen molar-refractivity contribution in [3.05, 3.63) is 30.3 Å². The van der Waals surface area contributed by atoms with Gasteiger partial charge in [0.05, 0.1) is 10.8 Å². The van der Waals surface area contributed by atoms with Crippen LogP contribution >= 0.6 is 0 Å². The van der Waals surface area contributed by atoms with E-state index in [1.165, 1.54) is 0 Å². The average Bonchev–Trinajstić information content (AvgIpc) is 2.24. The fraction of sp³-hybridized carbons (Fsp3) is 0.538. The Morgan fingerprint density at radius 3 is 2.38 bits per heavy atom. The Hall–Kier alpha value is -0.670. The Bertz CT molecular complexity index is 330. The molecule has 0 fully saturated rings. The molecule has 0 aliphatic rings. The van der Waals surface area contributed by atoms with Crippen LogP contribution in [-0.4, -0.2) is 23.1 Å². The second kappa shape index (κ2) is 6.16. The molecule has 0 amide bonds. The molecule has 3 heteroatoms. The fourth-order valence-electron chi connectivity index (χ4n) is 1.32. The van der Waals surface area contributed by atoms with Crippen LogP contribution in [0.5, 0.6) is 0 Å². The maximum absolute atomic E-state index is 11.8. The molecule has 1 rings (SSSR count). The van der Waals surface area contributed by atoms with Crippen LogP contribution in [0.25, 0.3) is 0 Å². The van der Waals surface area contributed by atoms with Gasteiger partial charge in [-0.05, 0) is 17.5 Å². The largest absolute Gasteiger partial charge is 0.315 e. The van der Waals surface area contributed by atoms with Crippen LogP contribution in [0.1, 0.15) is 20.8 Å². The van der Waals surface area contributed by atoms with Crippen LogP contribution in [0.2, 0.25) is 0 Å². The van der Waals surface area contributed by atoms with Gasteiger partial charge in [-0.25, -0.2) is 0 Å². The third-order valence-electron chi connectivity index (χ3n) is 2.13. The Labute approximate surface area is 101 Å². The molecule has 0 bridgehead atoms. The zero-order valence-corrected chi connectivity index (χ0v) is 11.1. The summed E-state index contributed by atoms with van der Waals surface area (Å²) in [6.07, 6.45) is 0. The zero-order valence-electron chi connectivity index (χ0n) is 10.3. The van der Waals surface area contributed by atoms with Crippen molar-refractivity contribution in [2.75, 3.05) is 18.8 Å². The second-order valence-electron chi connectivity index (χ2n) is 5.10. The lowest BCUT2D eigenvalue weighted by molar-refractivity contribution is 0.385. The van der Waals surface area contributed by atoms with Crippen molar-refractivity contribution in [3.8, 4) is 0 Å². The predicted molar refractivity (Wildman–Crippen MR) is 70.0 cm³/mol. The van der Waals surface area contributed by atoms with Crippen molar-refractivity contribution < 1.29 is 4.21 Å². The Morgan fingerprint density at radius 1 is 1.19 bits per heavy atom. The van der Waals surface area contributed by atoms with Gasteiger partial charge in [-0.2, -0.15) is 0 Å². The number of benzene rings is 1. The van der Waals surface area contributed by atoms with Gasteiger partial charge < -0.3 is 5.32 Å². The minimum atomic E-state index is -0.874. The maximum Gasteiger partial charge on any atom is 0.0542 e. The van der Waals surface area contributed by atoms with Crippen LogP contribution in [-0.2, 0) is 10.8 Å². The topological polar surface area (TPSA) is 29.1 Å². The molecular weight excluding hydrogens is 218 g/mol. The lowest BCUT2D eigenvalue weighted by atomic mass is 9.97. The summed E-state index contributed by atoms with van der Waals surface area (Å²) in [6.45, 7) is 8.33. The van der Waals surface area contributed by atoms with Crippen molar-refractivity contribution in [2.45, 2.75) is 25.7 Å². The molecule has 1 aromatic rings. The summed E-state index contributed by atoms with van der Waals surface area (Å²) in [5.74, 6) is 0.681. The van der Waals surface area contributed by atoms with Crippen molar-refractivity contribution in [1.82, 2.24) is 5.32 Å². The molecule has 90 valence electrons. The van der Waals surface area contributed by atoms with E-state index in [2.05, 4.69) is 26.1 Å². The number of rotatable bonds is 5. The van der Waals surface area contributed by atoms with E-state index >= 15 is 0 Å². The first-order valence-corrected chi connectivity index (χ1v) is 6.95. The smallest absolute Gasteiger partial charge is 0.0542 e. The normalized spacial score (nSPS) is 13.7. The van der Waals surface area contributed by atoms with E-state index in [4.69, 9.17) is 0 Å². The van der Waals surface area contributed by atoms with Crippen LogP contribution in [0, 0.1) is 5.41 Å². The van der Waals surface area contributed by atoms with Crippen molar-refractivity contribution in [2.24, 2.45) is 5.41 Å². The first-order valence-electron chi connectivity index (χ1n) is 5.63. The number of hydrogen-bond acceptors (Lipinski definition) is 2. The maximum atomic E-state index is 11.8. The number of nitrogens with one attached hydrogen (secondary N) is 1. The Balaban J connectivity index is 2.27. The summed E-state index contributed by atoms with van der Waals surface area (Å²) < 4.78 is 11.8. The van der Waals surface area contributed by atoms with Gasteiger partial charge in [0.25, 0.3) is 0 Å². The van der Waals surface area contributed by atoms with Crippen LogP contribution in [0.4, 0.5) is 0 Å². The molecule has 0 spiro atoms. The van der Waals surface area contributed by atoms with E-state index in [-0.39, 0.29) is 5.41 Å². The highest BCUT2D eigenvalue weighted by Crippen LogP contribution is 2.10. The summed E-state index contributed by atoms with van der Waals surface area (Å²) in [5.41, 5.74) is 0.286. The van der Waals surface area contributed by atoms with Crippen molar-refractivity contribution in [1.29, 1.82) is 0 Å². The summed E-state index contributed by atoms with van der Waals surface area (Å²) in [7, 11) is -0.874. The summed E-state index contributed by atoms with van der Waals surface area (Å²) in [4.78, 5) is 0.917. The highest BCUT2D eigenvalue weighted by molar-refractivity contribution is 7.85. The Morgan fingerprint density at radius 2 is 1.81 bits per heavy atom. The zero-order chi connectivity index (χ0) is 12.0. The molecular formula is C13H21NOS. The van der Waals surface area contributed by atoms with Crippen molar-refractivity contribution in [3.63, 3.8) is 0 Å². The minimum absolute atomic E-state index is 0.286. The van der Waals surface area contributed by atoms with Crippen LogP contribution in [0.15, 0.2) is 35.2 Å². The SMILES string of the molecule is CC(C)(C)CNCCS(=O)c1ccccc1. The fourth-order valence-corrected chi connectivity index (χ4v) is 2.34. The van der Waals surface area contributed by atoms with Crippen LogP contribution < -0.4 is 5.32 Å². The summed E-state index contributed by atoms with van der Waals surface area (Å²) in [5, 5.41) is 3.33. The number of hydrogen-bond donors (Lipinski definition) is 1. The van der Waals surface area contributed by atoms with Gasteiger partial charge >= 0.3 is 0 Å². The molecule has 1 atom stereocenters. The molecule has 0 saturated heterocycles. The van der Waals surface area contributed by atoms with Crippen LogP contribution in [0.3, 0.4) is 0 Å². The Kier molecular flexibility index (Phi) is 5.16. The third kappa shape index (κ3) is 5.42. The van der Waals surface area contributed by atoms with Gasteiger partial charge in [0.1, 0.15) is 0 Å². The monoisotopic (exact) mass is 239 g/mol. The molecule has 0 aromatic heterocycles. The lowest BCUT2D eigenvalue weighted by Gasteiger charge is -2.18. The van der Waals surface area contributed by atoms with E-state index in [1.54, 1.807) is 0 Å². The first kappa shape index (κ1) is 13.4. The van der Waals surface area contributed by atoms with Gasteiger partial charge in [-0.15, -0.1) is 0 Å². The predicted octanol–water partition coefficient (Wildman–Crippen LogP) is 2.43. The van der Waals surface area contributed by atoms with Crippen molar-refractivity contribution >= 4 is 10.8 Å². The van der Waals surface area contributed by atoms with Gasteiger partial charge in [-0.1, -0.05) is 39.0 Å². The molecule has 0 aliphatic carbocycles. The standard InChI is InChI=1S/C13H21NOS/c1-13(2,3)11-14-9-10-16(15)12-7-5-4-6-8-12/h4-8,14H,9-11H2,1-3H3. The highest BCUT2D eigenvalue weighted by atomic mass is 32.2. The van der Waals surface area contributed by atoms with Gasteiger partial charge in [0.2, 0.25) is 0 Å². The first-order chi connectivity index (χ1) is 7.49. The molecule has 0 saturated carbocycles. The molecule has 1 unspecified atom stereocenters. The molecule has 2 nitrogen and oxygen atoms in total. The summed E-state index contributed by atoms with van der Waals surface area (Å²) >= 11 is 0. The van der Waals surface area contributed by atoms with E-state index in [0.717, 1.165) is 18.0 Å². The third-order valence-corrected chi connectivity index (χ3v) is 3.50. The summed E-state index contributed by atoms with van der Waals surface area (Å²) in [6, 6.07) is 9.63. The quantitative estimate of drug-likeness (QED) is 0.800. The van der Waals surface area contributed by atoms with Gasteiger partial charge in [0.15, 0.2) is 0 Å².